The minimum Gasteiger partial charge on any atom is -0.383 e. The first-order valence-corrected chi connectivity index (χ1v) is 5.52. The quantitative estimate of drug-likeness (QED) is 0.534. The van der Waals surface area contributed by atoms with Gasteiger partial charge < -0.3 is 5.73 Å². The molecule has 0 saturated carbocycles. The zero-order valence-corrected chi connectivity index (χ0v) is 9.99. The van der Waals surface area contributed by atoms with E-state index in [-0.39, 0.29) is 5.69 Å². The third-order valence-electron chi connectivity index (χ3n) is 2.89. The number of hydrogen-bond acceptors (Lipinski definition) is 5. The lowest BCUT2D eigenvalue weighted by Gasteiger charge is -2.00. The Bertz CT molecular complexity index is 770. The molecule has 3 N–H and O–H groups in total. The highest BCUT2D eigenvalue weighted by molar-refractivity contribution is 5.89. The number of nitrogen functional groups attached to an aromatic ring is 1. The molecule has 0 atom stereocenters. The molecular weight excluding hydrogens is 248 g/mol. The molecule has 0 unspecified atom stereocenters. The molecule has 0 aliphatic carbocycles. The zero-order chi connectivity index (χ0) is 13.6. The Morgan fingerprint density at radius 3 is 2.68 bits per heavy atom. The third-order valence-corrected chi connectivity index (χ3v) is 2.89. The van der Waals surface area contributed by atoms with Gasteiger partial charge >= 0.3 is 0 Å². The number of benzene rings is 1. The molecule has 1 aromatic carbocycles. The normalized spacial score (nSPS) is 11.0. The average molecular weight is 258 g/mol. The van der Waals surface area contributed by atoms with Crippen LogP contribution < -0.4 is 5.73 Å². The molecule has 0 fully saturated rings. The van der Waals surface area contributed by atoms with Crippen LogP contribution in [0.25, 0.3) is 16.7 Å². The second-order valence-corrected chi connectivity index (χ2v) is 4.11. The van der Waals surface area contributed by atoms with Gasteiger partial charge in [0.1, 0.15) is 5.82 Å². The van der Waals surface area contributed by atoms with Crippen LogP contribution in [-0.2, 0) is 0 Å². The van der Waals surface area contributed by atoms with Gasteiger partial charge in [-0.1, -0.05) is 0 Å². The molecule has 0 spiro atoms. The molecule has 2 aromatic heterocycles. The number of nitrogens with zero attached hydrogens (tertiary/aromatic N) is 4. The molecule has 2 heterocycles. The highest BCUT2D eigenvalue weighted by Gasteiger charge is 2.15. The Kier molecular flexibility index (Phi) is 2.24. The first kappa shape index (κ1) is 11.2. The van der Waals surface area contributed by atoms with Gasteiger partial charge in [-0.2, -0.15) is 10.2 Å². The van der Waals surface area contributed by atoms with Gasteiger partial charge in [-0.05, 0) is 19.1 Å². The van der Waals surface area contributed by atoms with Crippen LogP contribution in [0.3, 0.4) is 0 Å². The van der Waals surface area contributed by atoms with Crippen molar-refractivity contribution in [1.82, 2.24) is 20.0 Å². The standard InChI is InChI=1S/C11H10N6O2/c1-6-9-10(12)13-14-11(9)16(15-6)7-2-4-8(5-3-7)17(18)19/h2-5H,1H3,(H3,12,13,14). The van der Waals surface area contributed by atoms with Crippen molar-refractivity contribution in [3.05, 3.63) is 40.1 Å². The Hall–Kier alpha value is -2.90. The van der Waals surface area contributed by atoms with Crippen LogP contribution in [0, 0.1) is 17.0 Å². The average Bonchev–Trinajstić information content (AvgIpc) is 2.92. The molecule has 0 radical (unpaired) electrons. The first-order valence-electron chi connectivity index (χ1n) is 5.52. The van der Waals surface area contributed by atoms with Crippen LogP contribution in [0.4, 0.5) is 11.5 Å². The van der Waals surface area contributed by atoms with E-state index in [4.69, 9.17) is 5.73 Å². The molecular formula is C11H10N6O2. The van der Waals surface area contributed by atoms with E-state index in [0.717, 1.165) is 11.1 Å². The summed E-state index contributed by atoms with van der Waals surface area (Å²) in [6.45, 7) is 1.83. The maximum absolute atomic E-state index is 10.6. The number of aromatic amines is 1. The van der Waals surface area contributed by atoms with Crippen molar-refractivity contribution in [3.63, 3.8) is 0 Å². The molecule has 8 heteroatoms. The molecule has 19 heavy (non-hydrogen) atoms. The van der Waals surface area contributed by atoms with E-state index in [1.54, 1.807) is 16.8 Å². The minimum absolute atomic E-state index is 0.0328. The number of nitrogens with one attached hydrogen (secondary N) is 1. The lowest BCUT2D eigenvalue weighted by molar-refractivity contribution is -0.384. The largest absolute Gasteiger partial charge is 0.383 e. The number of hydrogen-bond donors (Lipinski definition) is 2. The molecule has 0 bridgehead atoms. The molecule has 0 aliphatic rings. The van der Waals surface area contributed by atoms with E-state index in [0.29, 0.717) is 17.2 Å². The van der Waals surface area contributed by atoms with Crippen LogP contribution in [0.2, 0.25) is 0 Å². The summed E-state index contributed by atoms with van der Waals surface area (Å²) in [6.07, 6.45) is 0. The predicted octanol–water partition coefficient (Wildman–Crippen LogP) is 1.55. The van der Waals surface area contributed by atoms with E-state index in [9.17, 15) is 10.1 Å². The molecule has 0 aliphatic heterocycles. The Morgan fingerprint density at radius 1 is 1.37 bits per heavy atom. The predicted molar refractivity (Wildman–Crippen MR) is 69.0 cm³/mol. The summed E-state index contributed by atoms with van der Waals surface area (Å²) in [5.74, 6) is 0.459. The summed E-state index contributed by atoms with van der Waals surface area (Å²) in [5, 5.41) is 22.5. The van der Waals surface area contributed by atoms with Crippen molar-refractivity contribution < 1.29 is 4.92 Å². The van der Waals surface area contributed by atoms with Gasteiger partial charge in [0.15, 0.2) is 5.65 Å². The number of aryl methyl sites for hydroxylation is 1. The van der Waals surface area contributed by atoms with Crippen molar-refractivity contribution in [2.75, 3.05) is 5.73 Å². The second kappa shape index (κ2) is 3.80. The number of fused-ring (bicyclic) bond motifs is 1. The van der Waals surface area contributed by atoms with Crippen LogP contribution in [0.5, 0.6) is 0 Å². The van der Waals surface area contributed by atoms with E-state index in [1.807, 2.05) is 6.92 Å². The van der Waals surface area contributed by atoms with Gasteiger partial charge in [0.2, 0.25) is 0 Å². The zero-order valence-electron chi connectivity index (χ0n) is 9.99. The fourth-order valence-electron chi connectivity index (χ4n) is 2.00. The van der Waals surface area contributed by atoms with Crippen molar-refractivity contribution in [1.29, 1.82) is 0 Å². The Morgan fingerprint density at radius 2 is 2.05 bits per heavy atom. The summed E-state index contributed by atoms with van der Waals surface area (Å²) < 4.78 is 1.60. The monoisotopic (exact) mass is 258 g/mol. The number of nitro benzene ring substituents is 1. The SMILES string of the molecule is Cc1nn(-c2ccc([N+](=O)[O-])cc2)c2n[nH]c(N)c12. The molecule has 0 amide bonds. The van der Waals surface area contributed by atoms with Crippen LogP contribution in [0.15, 0.2) is 24.3 Å². The van der Waals surface area contributed by atoms with Crippen LogP contribution >= 0.6 is 0 Å². The molecule has 3 rings (SSSR count). The van der Waals surface area contributed by atoms with Gasteiger partial charge in [0, 0.05) is 12.1 Å². The number of H-pyrrole nitrogens is 1. The van der Waals surface area contributed by atoms with Crippen molar-refractivity contribution in [2.45, 2.75) is 6.92 Å². The van der Waals surface area contributed by atoms with Gasteiger partial charge in [0.25, 0.3) is 5.69 Å². The number of anilines is 1. The number of rotatable bonds is 2. The number of nitrogens with two attached hydrogens (primary N) is 1. The lowest BCUT2D eigenvalue weighted by Crippen LogP contribution is -1.98. The van der Waals surface area contributed by atoms with E-state index >= 15 is 0 Å². The number of nitro groups is 1. The molecule has 3 aromatic rings. The maximum atomic E-state index is 10.6. The molecule has 96 valence electrons. The van der Waals surface area contributed by atoms with Crippen LogP contribution in [0.1, 0.15) is 5.69 Å². The van der Waals surface area contributed by atoms with Gasteiger partial charge in [0.05, 0.1) is 21.7 Å². The van der Waals surface area contributed by atoms with Gasteiger partial charge in [-0.25, -0.2) is 4.68 Å². The summed E-state index contributed by atoms with van der Waals surface area (Å²) in [5.41, 5.74) is 7.84. The summed E-state index contributed by atoms with van der Waals surface area (Å²) >= 11 is 0. The topological polar surface area (TPSA) is 116 Å². The maximum Gasteiger partial charge on any atom is 0.269 e. The number of aromatic nitrogens is 4. The second-order valence-electron chi connectivity index (χ2n) is 4.11. The Balaban J connectivity index is 2.16. The molecule has 0 saturated heterocycles. The van der Waals surface area contributed by atoms with Crippen molar-refractivity contribution in [3.8, 4) is 5.69 Å². The third kappa shape index (κ3) is 1.61. The highest BCUT2D eigenvalue weighted by Crippen LogP contribution is 2.24. The summed E-state index contributed by atoms with van der Waals surface area (Å²) in [7, 11) is 0. The van der Waals surface area contributed by atoms with Crippen LogP contribution in [-0.4, -0.2) is 24.9 Å². The highest BCUT2D eigenvalue weighted by atomic mass is 16.6. The minimum atomic E-state index is -0.444. The van der Waals surface area contributed by atoms with E-state index in [1.165, 1.54) is 12.1 Å². The Labute approximate surface area is 107 Å². The fraction of sp³-hybridized carbons (Fsp3) is 0.0909. The summed E-state index contributed by atoms with van der Waals surface area (Å²) in [4.78, 5) is 10.2. The summed E-state index contributed by atoms with van der Waals surface area (Å²) in [6, 6.07) is 6.09. The van der Waals surface area contributed by atoms with Crippen molar-refractivity contribution in [2.24, 2.45) is 0 Å². The van der Waals surface area contributed by atoms with Crippen molar-refractivity contribution >= 4 is 22.5 Å². The fourth-order valence-corrected chi connectivity index (χ4v) is 2.00. The number of non-ortho nitro benzene ring substituents is 1. The van der Waals surface area contributed by atoms with E-state index in [2.05, 4.69) is 15.3 Å². The first-order chi connectivity index (χ1) is 9.08. The van der Waals surface area contributed by atoms with Gasteiger partial charge in [-0.15, -0.1) is 0 Å². The van der Waals surface area contributed by atoms with E-state index < -0.39 is 4.92 Å². The lowest BCUT2D eigenvalue weighted by atomic mass is 10.3. The van der Waals surface area contributed by atoms with Gasteiger partial charge in [-0.3, -0.25) is 15.2 Å². The smallest absolute Gasteiger partial charge is 0.269 e. The molecule has 8 nitrogen and oxygen atoms in total.